The number of rotatable bonds is 8. The van der Waals surface area contributed by atoms with E-state index < -0.39 is 0 Å². The van der Waals surface area contributed by atoms with E-state index in [1.54, 1.807) is 6.08 Å². The van der Waals surface area contributed by atoms with Gasteiger partial charge in [0.15, 0.2) is 5.96 Å². The Morgan fingerprint density at radius 2 is 1.86 bits per heavy atom. The molecule has 1 saturated heterocycles. The highest BCUT2D eigenvalue weighted by molar-refractivity contribution is 5.80. The lowest BCUT2D eigenvalue weighted by atomic mass is 10.0. The summed E-state index contributed by atoms with van der Waals surface area (Å²) in [6, 6.07) is 19.2. The fraction of sp³-hybridized carbons (Fsp3) is 0.375. The van der Waals surface area contributed by atoms with E-state index in [1.807, 2.05) is 25.2 Å². The van der Waals surface area contributed by atoms with Gasteiger partial charge >= 0.3 is 0 Å². The Morgan fingerprint density at radius 1 is 1.14 bits per heavy atom. The lowest BCUT2D eigenvalue weighted by molar-refractivity contribution is 0.198. The van der Waals surface area contributed by atoms with Crippen molar-refractivity contribution in [3.05, 3.63) is 78.4 Å². The van der Waals surface area contributed by atoms with Crippen LogP contribution in [0.4, 0.5) is 0 Å². The van der Waals surface area contributed by atoms with Crippen LogP contribution < -0.4 is 15.4 Å². The van der Waals surface area contributed by atoms with Gasteiger partial charge in [-0.1, -0.05) is 61.2 Å². The van der Waals surface area contributed by atoms with E-state index in [4.69, 9.17) is 4.74 Å². The predicted molar refractivity (Wildman–Crippen MR) is 120 cm³/mol. The molecule has 1 aliphatic rings. The molecule has 1 heterocycles. The van der Waals surface area contributed by atoms with E-state index in [1.165, 1.54) is 5.56 Å². The Kier molecular flexibility index (Phi) is 8.13. The van der Waals surface area contributed by atoms with Crippen LogP contribution in [0.5, 0.6) is 5.75 Å². The summed E-state index contributed by atoms with van der Waals surface area (Å²) in [6.07, 6.45) is 3.99. The molecule has 154 valence electrons. The van der Waals surface area contributed by atoms with Crippen LogP contribution in [0.2, 0.25) is 0 Å². The highest BCUT2D eigenvalue weighted by Crippen LogP contribution is 2.18. The lowest BCUT2D eigenvalue weighted by Gasteiger charge is -2.33. The van der Waals surface area contributed by atoms with Crippen molar-refractivity contribution in [2.24, 2.45) is 4.99 Å². The summed E-state index contributed by atoms with van der Waals surface area (Å²) in [5.74, 6) is 1.72. The fourth-order valence-corrected chi connectivity index (χ4v) is 3.58. The summed E-state index contributed by atoms with van der Waals surface area (Å²) in [7, 11) is 1.82. The maximum absolute atomic E-state index is 5.74. The zero-order valence-corrected chi connectivity index (χ0v) is 17.3. The minimum Gasteiger partial charge on any atom is -0.489 e. The van der Waals surface area contributed by atoms with E-state index in [2.05, 4.69) is 63.5 Å². The van der Waals surface area contributed by atoms with Crippen molar-refractivity contribution < 1.29 is 4.74 Å². The quantitative estimate of drug-likeness (QED) is 0.410. The van der Waals surface area contributed by atoms with E-state index >= 15 is 0 Å². The normalized spacial score (nSPS) is 15.7. The van der Waals surface area contributed by atoms with Gasteiger partial charge in [-0.25, -0.2) is 0 Å². The Labute approximate surface area is 174 Å². The number of aliphatic imine (C=N–C) groups is 1. The molecular formula is C24H32N4O. The summed E-state index contributed by atoms with van der Waals surface area (Å²) in [5.41, 5.74) is 2.49. The molecule has 5 heteroatoms. The lowest BCUT2D eigenvalue weighted by Crippen LogP contribution is -2.48. The first kappa shape index (κ1) is 20.9. The van der Waals surface area contributed by atoms with Crippen LogP contribution in [0, 0.1) is 0 Å². The molecular weight excluding hydrogens is 360 g/mol. The molecule has 0 aliphatic carbocycles. The molecule has 0 amide bonds. The molecule has 0 saturated carbocycles. The maximum atomic E-state index is 5.74. The Bertz CT molecular complexity index is 782. The van der Waals surface area contributed by atoms with Gasteiger partial charge in [-0.2, -0.15) is 0 Å². The smallest absolute Gasteiger partial charge is 0.191 e. The van der Waals surface area contributed by atoms with Gasteiger partial charge < -0.3 is 15.4 Å². The minimum atomic E-state index is 0.445. The number of benzene rings is 2. The van der Waals surface area contributed by atoms with Crippen molar-refractivity contribution in [3.63, 3.8) is 0 Å². The molecule has 0 bridgehead atoms. The molecule has 0 radical (unpaired) electrons. The number of piperidine rings is 1. The Hall–Kier alpha value is -2.79. The highest BCUT2D eigenvalue weighted by Gasteiger charge is 2.20. The monoisotopic (exact) mass is 392 g/mol. The molecule has 3 rings (SSSR count). The summed E-state index contributed by atoms with van der Waals surface area (Å²) in [5, 5.41) is 7.00. The van der Waals surface area contributed by atoms with E-state index in [9.17, 15) is 0 Å². The molecule has 2 aromatic carbocycles. The number of guanidine groups is 1. The number of hydrogen-bond donors (Lipinski definition) is 2. The molecule has 2 aromatic rings. The molecule has 1 aliphatic heterocycles. The van der Waals surface area contributed by atoms with Crippen LogP contribution in [0.1, 0.15) is 24.0 Å². The SMILES string of the molecule is C=CCOc1ccccc1CNC(=NC)NC1CCN(Cc2ccccc2)CC1. The van der Waals surface area contributed by atoms with Crippen LogP contribution >= 0.6 is 0 Å². The van der Waals surface area contributed by atoms with Crippen molar-refractivity contribution in [2.45, 2.75) is 32.0 Å². The first-order valence-electron chi connectivity index (χ1n) is 10.3. The average Bonchev–Trinajstić information content (AvgIpc) is 2.77. The standard InChI is InChI=1S/C24H32N4O/c1-3-17-29-23-12-8-7-11-21(23)18-26-24(25-2)27-22-13-15-28(16-14-22)19-20-9-5-4-6-10-20/h3-12,22H,1,13-19H2,2H3,(H2,25,26,27). The zero-order chi connectivity index (χ0) is 20.3. The van der Waals surface area contributed by atoms with Gasteiger partial charge in [-0.05, 0) is 24.5 Å². The third-order valence-electron chi connectivity index (χ3n) is 5.18. The Balaban J connectivity index is 1.45. The van der Waals surface area contributed by atoms with Gasteiger partial charge in [0.1, 0.15) is 12.4 Å². The van der Waals surface area contributed by atoms with Crippen LogP contribution in [0.15, 0.2) is 72.2 Å². The first-order chi connectivity index (χ1) is 14.3. The van der Waals surface area contributed by atoms with Crippen molar-refractivity contribution in [2.75, 3.05) is 26.7 Å². The van der Waals surface area contributed by atoms with Crippen LogP contribution in [-0.4, -0.2) is 43.6 Å². The molecule has 0 aromatic heterocycles. The molecule has 0 unspecified atom stereocenters. The molecule has 2 N–H and O–H groups in total. The minimum absolute atomic E-state index is 0.445. The second-order valence-electron chi connectivity index (χ2n) is 7.31. The zero-order valence-electron chi connectivity index (χ0n) is 17.3. The highest BCUT2D eigenvalue weighted by atomic mass is 16.5. The van der Waals surface area contributed by atoms with Crippen LogP contribution in [0.25, 0.3) is 0 Å². The number of nitrogens with one attached hydrogen (secondary N) is 2. The molecule has 1 fully saturated rings. The predicted octanol–water partition coefficient (Wildman–Crippen LogP) is 3.58. The number of nitrogens with zero attached hydrogens (tertiary/aromatic N) is 2. The Morgan fingerprint density at radius 3 is 2.59 bits per heavy atom. The third-order valence-corrected chi connectivity index (χ3v) is 5.18. The second-order valence-corrected chi connectivity index (χ2v) is 7.31. The van der Waals surface area contributed by atoms with E-state index in [-0.39, 0.29) is 0 Å². The van der Waals surface area contributed by atoms with Gasteiger partial charge in [0.25, 0.3) is 0 Å². The van der Waals surface area contributed by atoms with Crippen molar-refractivity contribution in [1.82, 2.24) is 15.5 Å². The van der Waals surface area contributed by atoms with Crippen molar-refractivity contribution >= 4 is 5.96 Å². The third kappa shape index (κ3) is 6.64. The second kappa shape index (κ2) is 11.3. The number of likely N-dealkylation sites (tertiary alicyclic amines) is 1. The molecule has 5 nitrogen and oxygen atoms in total. The topological polar surface area (TPSA) is 48.9 Å². The number of para-hydroxylation sites is 1. The van der Waals surface area contributed by atoms with Crippen LogP contribution in [0.3, 0.4) is 0 Å². The number of ether oxygens (including phenoxy) is 1. The van der Waals surface area contributed by atoms with E-state index in [0.717, 1.165) is 49.7 Å². The molecule has 0 spiro atoms. The molecule has 0 atom stereocenters. The van der Waals surface area contributed by atoms with Crippen molar-refractivity contribution in [1.29, 1.82) is 0 Å². The summed E-state index contributed by atoms with van der Waals surface area (Å²) >= 11 is 0. The van der Waals surface area contributed by atoms with Gasteiger partial charge in [-0.15, -0.1) is 0 Å². The maximum Gasteiger partial charge on any atom is 0.191 e. The summed E-state index contributed by atoms with van der Waals surface area (Å²) in [6.45, 7) is 8.11. The average molecular weight is 393 g/mol. The molecule has 29 heavy (non-hydrogen) atoms. The van der Waals surface area contributed by atoms with E-state index in [0.29, 0.717) is 19.2 Å². The fourth-order valence-electron chi connectivity index (χ4n) is 3.58. The summed E-state index contributed by atoms with van der Waals surface area (Å²) < 4.78 is 5.74. The first-order valence-corrected chi connectivity index (χ1v) is 10.3. The number of hydrogen-bond acceptors (Lipinski definition) is 3. The van der Waals surface area contributed by atoms with Gasteiger partial charge in [0, 0.05) is 44.8 Å². The van der Waals surface area contributed by atoms with Crippen LogP contribution in [-0.2, 0) is 13.1 Å². The van der Waals surface area contributed by atoms with Crippen molar-refractivity contribution in [3.8, 4) is 5.75 Å². The summed E-state index contributed by atoms with van der Waals surface area (Å²) in [4.78, 5) is 6.92. The van der Waals surface area contributed by atoms with Gasteiger partial charge in [-0.3, -0.25) is 9.89 Å². The van der Waals surface area contributed by atoms with Gasteiger partial charge in [0.05, 0.1) is 0 Å². The largest absolute Gasteiger partial charge is 0.489 e. The van der Waals surface area contributed by atoms with Gasteiger partial charge in [0.2, 0.25) is 0 Å².